The number of nitrogens with one attached hydrogen (secondary N) is 1. The topological polar surface area (TPSA) is 73.6 Å². The highest BCUT2D eigenvalue weighted by atomic mass is 16.3. The molecule has 5 heteroatoms. The van der Waals surface area contributed by atoms with E-state index in [0.29, 0.717) is 5.70 Å². The molecule has 28 heavy (non-hydrogen) atoms. The Hall–Kier alpha value is -4.17. The maximum atomic E-state index is 10.3. The van der Waals surface area contributed by atoms with Gasteiger partial charge in [-0.25, -0.2) is 0 Å². The van der Waals surface area contributed by atoms with E-state index in [1.54, 1.807) is 12.4 Å². The van der Waals surface area contributed by atoms with Crippen LogP contribution in [0.25, 0.3) is 22.7 Å². The van der Waals surface area contributed by atoms with Crippen molar-refractivity contribution in [3.8, 4) is 17.7 Å². The van der Waals surface area contributed by atoms with Crippen LogP contribution in [-0.2, 0) is 0 Å². The molecule has 0 aliphatic carbocycles. The molecule has 0 atom stereocenters. The Morgan fingerprint density at radius 2 is 1.89 bits per heavy atom. The fourth-order valence-corrected chi connectivity index (χ4v) is 3.20. The molecule has 0 amide bonds. The van der Waals surface area contributed by atoms with E-state index in [1.807, 2.05) is 60.7 Å². The van der Waals surface area contributed by atoms with Crippen LogP contribution in [0.2, 0.25) is 0 Å². The lowest BCUT2D eigenvalue weighted by Gasteiger charge is -1.94. The van der Waals surface area contributed by atoms with Crippen LogP contribution in [0.3, 0.4) is 0 Å². The number of H-pyrrole nitrogens is 1. The van der Waals surface area contributed by atoms with E-state index >= 15 is 0 Å². The second-order valence-electron chi connectivity index (χ2n) is 6.39. The fourth-order valence-electron chi connectivity index (χ4n) is 3.20. The minimum Gasteiger partial charge on any atom is -0.494 e. The van der Waals surface area contributed by atoms with Crippen molar-refractivity contribution in [1.82, 2.24) is 9.97 Å². The summed E-state index contributed by atoms with van der Waals surface area (Å²) in [5, 5.41) is 21.5. The lowest BCUT2D eigenvalue weighted by Crippen LogP contribution is -2.08. The number of benzene rings is 2. The molecule has 0 bridgehead atoms. The van der Waals surface area contributed by atoms with Crippen LogP contribution >= 0.6 is 0 Å². The fraction of sp³-hybridized carbons (Fsp3) is 0. The molecule has 2 aromatic heterocycles. The van der Waals surface area contributed by atoms with Crippen LogP contribution in [0.5, 0.6) is 5.88 Å². The highest BCUT2D eigenvalue weighted by Crippen LogP contribution is 2.27. The number of nitrogens with zero attached hydrogens (tertiary/aromatic N) is 3. The van der Waals surface area contributed by atoms with E-state index < -0.39 is 0 Å². The van der Waals surface area contributed by atoms with Gasteiger partial charge in [-0.3, -0.25) is 4.98 Å². The van der Waals surface area contributed by atoms with Gasteiger partial charge in [0.2, 0.25) is 0 Å². The van der Waals surface area contributed by atoms with Gasteiger partial charge in [-0.15, -0.1) is 10.2 Å². The smallest absolute Gasteiger partial charge is 0.196 e. The van der Waals surface area contributed by atoms with Crippen LogP contribution in [0.1, 0.15) is 11.1 Å². The standard InChI is InChI=1S/C23H14N4O/c28-23-19(17-5-1-2-6-20(17)25-23)12-16-7-9-18-21(26-27-22(18)13-16)10-8-15-4-3-11-24-14-15/h1-7,9,11-14,25,28H/b16-12+. The first-order valence-electron chi connectivity index (χ1n) is 8.77. The van der Waals surface area contributed by atoms with E-state index in [-0.39, 0.29) is 5.88 Å². The summed E-state index contributed by atoms with van der Waals surface area (Å²) in [6.07, 6.45) is 5.36. The molecule has 132 valence electrons. The minimum atomic E-state index is 0.151. The van der Waals surface area contributed by atoms with Gasteiger partial charge in [-0.1, -0.05) is 30.2 Å². The second-order valence-corrected chi connectivity index (χ2v) is 6.39. The Morgan fingerprint density at radius 1 is 0.964 bits per heavy atom. The predicted molar refractivity (Wildman–Crippen MR) is 108 cm³/mol. The van der Waals surface area contributed by atoms with Crippen molar-refractivity contribution in [3.05, 3.63) is 88.6 Å². The predicted octanol–water partition coefficient (Wildman–Crippen LogP) is 3.35. The Bertz CT molecular complexity index is 1420. The van der Waals surface area contributed by atoms with E-state index in [0.717, 1.165) is 38.2 Å². The number of rotatable bonds is 1. The summed E-state index contributed by atoms with van der Waals surface area (Å²) in [5.74, 6) is 6.27. The molecule has 5 nitrogen and oxygen atoms in total. The van der Waals surface area contributed by atoms with E-state index in [1.165, 1.54) is 0 Å². The number of hydrogen-bond donors (Lipinski definition) is 2. The zero-order valence-electron chi connectivity index (χ0n) is 14.7. The first-order valence-corrected chi connectivity index (χ1v) is 8.77. The highest BCUT2D eigenvalue weighted by molar-refractivity contribution is 5.91. The molecular weight excluding hydrogens is 348 g/mol. The van der Waals surface area contributed by atoms with Crippen LogP contribution in [-0.4, -0.2) is 15.1 Å². The number of pyridine rings is 1. The molecule has 0 radical (unpaired) electrons. The zero-order valence-corrected chi connectivity index (χ0v) is 14.7. The Morgan fingerprint density at radius 3 is 2.79 bits per heavy atom. The second kappa shape index (κ2) is 6.53. The molecular formula is C23H14N4O. The number of aromatic hydroxyl groups is 1. The molecule has 3 heterocycles. The maximum Gasteiger partial charge on any atom is 0.196 e. The number of para-hydroxylation sites is 1. The van der Waals surface area contributed by atoms with Crippen LogP contribution in [0.15, 0.2) is 77.2 Å². The van der Waals surface area contributed by atoms with Crippen LogP contribution in [0.4, 0.5) is 5.69 Å². The molecule has 0 spiro atoms. The van der Waals surface area contributed by atoms with Crippen molar-refractivity contribution in [2.45, 2.75) is 0 Å². The molecule has 2 aromatic carbocycles. The average molecular weight is 362 g/mol. The van der Waals surface area contributed by atoms with Crippen molar-refractivity contribution in [2.24, 2.45) is 10.2 Å². The molecule has 0 fully saturated rings. The molecule has 1 aliphatic heterocycles. The van der Waals surface area contributed by atoms with Gasteiger partial charge in [-0.2, -0.15) is 0 Å². The zero-order chi connectivity index (χ0) is 18.9. The molecule has 5 rings (SSSR count). The minimum absolute atomic E-state index is 0.151. The Balaban J connectivity index is 1.58. The van der Waals surface area contributed by atoms with Gasteiger partial charge in [0.25, 0.3) is 0 Å². The van der Waals surface area contributed by atoms with Crippen molar-refractivity contribution in [3.63, 3.8) is 0 Å². The number of aromatic amines is 1. The number of hydrogen-bond acceptors (Lipinski definition) is 4. The third kappa shape index (κ3) is 2.83. The molecule has 2 N–H and O–H groups in total. The van der Waals surface area contributed by atoms with Gasteiger partial charge in [0, 0.05) is 39.6 Å². The van der Waals surface area contributed by atoms with Crippen LogP contribution in [0, 0.1) is 11.8 Å². The SMILES string of the molecule is Oc1[nH]c2ccccc2c1/C=c1\ccc2c(c1)N=NC=2C#Cc1cccnc1. The van der Waals surface area contributed by atoms with Gasteiger partial charge < -0.3 is 10.1 Å². The number of azo groups is 1. The van der Waals surface area contributed by atoms with Gasteiger partial charge in [0.1, 0.15) is 5.70 Å². The van der Waals surface area contributed by atoms with Crippen LogP contribution < -0.4 is 10.4 Å². The Labute approximate surface area is 160 Å². The van der Waals surface area contributed by atoms with Crippen molar-refractivity contribution in [1.29, 1.82) is 0 Å². The highest BCUT2D eigenvalue weighted by Gasteiger charge is 2.09. The summed E-state index contributed by atoms with van der Waals surface area (Å²) < 4.78 is 0. The lowest BCUT2D eigenvalue weighted by molar-refractivity contribution is 0.457. The summed E-state index contributed by atoms with van der Waals surface area (Å²) in [6, 6.07) is 17.4. The first-order chi connectivity index (χ1) is 13.8. The average Bonchev–Trinajstić information content (AvgIpc) is 3.28. The van der Waals surface area contributed by atoms with Gasteiger partial charge in [0.15, 0.2) is 5.88 Å². The van der Waals surface area contributed by atoms with E-state index in [9.17, 15) is 5.11 Å². The molecule has 4 aromatic rings. The largest absolute Gasteiger partial charge is 0.494 e. The van der Waals surface area contributed by atoms with Crippen molar-refractivity contribution < 1.29 is 5.11 Å². The van der Waals surface area contributed by atoms with E-state index in [4.69, 9.17) is 0 Å². The summed E-state index contributed by atoms with van der Waals surface area (Å²) >= 11 is 0. The van der Waals surface area contributed by atoms with Crippen molar-refractivity contribution in [2.75, 3.05) is 0 Å². The quantitative estimate of drug-likeness (QED) is 0.510. The molecule has 0 saturated heterocycles. The van der Waals surface area contributed by atoms with Gasteiger partial charge in [0.05, 0.1) is 5.69 Å². The lowest BCUT2D eigenvalue weighted by atomic mass is 10.1. The van der Waals surface area contributed by atoms with Gasteiger partial charge in [-0.05, 0) is 47.5 Å². The summed E-state index contributed by atoms with van der Waals surface area (Å²) in [6.45, 7) is 0. The number of aromatic nitrogens is 2. The third-order valence-corrected chi connectivity index (χ3v) is 4.56. The molecule has 0 saturated carbocycles. The molecule has 0 unspecified atom stereocenters. The normalized spacial score (nSPS) is 12.9. The van der Waals surface area contributed by atoms with E-state index in [2.05, 4.69) is 32.0 Å². The van der Waals surface area contributed by atoms with Crippen molar-refractivity contribution >= 4 is 28.4 Å². The monoisotopic (exact) mass is 362 g/mol. The maximum absolute atomic E-state index is 10.3. The molecule has 1 aliphatic rings. The summed E-state index contributed by atoms with van der Waals surface area (Å²) in [7, 11) is 0. The number of fused-ring (bicyclic) bond motifs is 2. The first kappa shape index (κ1) is 16.0. The summed E-state index contributed by atoms with van der Waals surface area (Å²) in [4.78, 5) is 7.05. The third-order valence-electron chi connectivity index (χ3n) is 4.56. The Kier molecular flexibility index (Phi) is 3.74. The van der Waals surface area contributed by atoms with Gasteiger partial charge >= 0.3 is 0 Å². The summed E-state index contributed by atoms with van der Waals surface area (Å²) in [5.41, 5.74) is 3.89.